The highest BCUT2D eigenvalue weighted by Crippen LogP contribution is 2.15. The molecule has 1 rings (SSSR count). The van der Waals surface area contributed by atoms with E-state index in [-0.39, 0.29) is 11.9 Å². The highest BCUT2D eigenvalue weighted by Gasteiger charge is 2.21. The number of nitrogens with two attached hydrogens (primary N) is 1. The van der Waals surface area contributed by atoms with Gasteiger partial charge >= 0.3 is 0 Å². The molecular formula is C14H25N3OS. The average molecular weight is 283 g/mol. The molecule has 1 aromatic heterocycles. The van der Waals surface area contributed by atoms with Crippen LogP contribution in [0.25, 0.3) is 0 Å². The van der Waals surface area contributed by atoms with Crippen molar-refractivity contribution in [3.63, 3.8) is 0 Å². The summed E-state index contributed by atoms with van der Waals surface area (Å²) in [4.78, 5) is 15.3. The number of likely N-dealkylation sites (N-methyl/N-ethyl adjacent to an activating group) is 1. The fraction of sp³-hybridized carbons (Fsp3) is 0.643. The Bertz CT molecular complexity index is 367. The first kappa shape index (κ1) is 16.1. The number of nitrogens with zero attached hydrogens (tertiary/aromatic N) is 1. The number of amides is 1. The van der Waals surface area contributed by atoms with Gasteiger partial charge in [0.1, 0.15) is 0 Å². The molecule has 19 heavy (non-hydrogen) atoms. The maximum Gasteiger partial charge on any atom is 0.221 e. The average Bonchev–Trinajstić information content (AvgIpc) is 2.88. The van der Waals surface area contributed by atoms with Gasteiger partial charge in [-0.15, -0.1) is 11.3 Å². The van der Waals surface area contributed by atoms with Crippen LogP contribution in [0.3, 0.4) is 0 Å². The van der Waals surface area contributed by atoms with Crippen molar-refractivity contribution in [2.75, 3.05) is 20.1 Å². The Labute approximate surface area is 120 Å². The Kier molecular flexibility index (Phi) is 7.05. The molecule has 0 spiro atoms. The van der Waals surface area contributed by atoms with Crippen LogP contribution in [0, 0.1) is 0 Å². The van der Waals surface area contributed by atoms with Crippen LogP contribution in [-0.4, -0.2) is 43.0 Å². The van der Waals surface area contributed by atoms with E-state index in [1.54, 1.807) is 11.3 Å². The van der Waals surface area contributed by atoms with Crippen molar-refractivity contribution in [3.8, 4) is 0 Å². The van der Waals surface area contributed by atoms with Crippen LogP contribution in [0.15, 0.2) is 17.5 Å². The van der Waals surface area contributed by atoms with Gasteiger partial charge in [-0.25, -0.2) is 0 Å². The third-order valence-electron chi connectivity index (χ3n) is 3.41. The first-order valence-corrected chi connectivity index (χ1v) is 7.67. The van der Waals surface area contributed by atoms with Crippen molar-refractivity contribution in [2.45, 2.75) is 38.8 Å². The molecule has 1 amide bonds. The second kappa shape index (κ2) is 8.30. The van der Waals surface area contributed by atoms with Crippen LogP contribution in [0.5, 0.6) is 0 Å². The Morgan fingerprint density at radius 2 is 2.32 bits per heavy atom. The monoisotopic (exact) mass is 283 g/mol. The normalized spacial score (nSPS) is 14.4. The minimum Gasteiger partial charge on any atom is -0.356 e. The lowest BCUT2D eigenvalue weighted by molar-refractivity contribution is -0.122. The molecule has 0 aromatic carbocycles. The van der Waals surface area contributed by atoms with Crippen LogP contribution >= 0.6 is 11.3 Å². The van der Waals surface area contributed by atoms with E-state index in [0.717, 1.165) is 6.42 Å². The van der Waals surface area contributed by atoms with Crippen molar-refractivity contribution < 1.29 is 4.79 Å². The SMILES string of the molecule is CCNC(=O)CC(CN)N(C)C(C)Cc1cccs1. The molecule has 2 atom stereocenters. The Morgan fingerprint density at radius 1 is 1.58 bits per heavy atom. The number of carbonyl (C=O) groups is 1. The van der Waals surface area contributed by atoms with Gasteiger partial charge in [0.15, 0.2) is 0 Å². The summed E-state index contributed by atoms with van der Waals surface area (Å²) in [5.74, 6) is 0.0770. The van der Waals surface area contributed by atoms with Crippen LogP contribution in [0.1, 0.15) is 25.1 Å². The summed E-state index contributed by atoms with van der Waals surface area (Å²) in [5, 5.41) is 4.92. The lowest BCUT2D eigenvalue weighted by Crippen LogP contribution is -2.46. The minimum atomic E-state index is 0.0770. The molecule has 0 aliphatic heterocycles. The van der Waals surface area contributed by atoms with E-state index in [4.69, 9.17) is 5.73 Å². The molecule has 0 aliphatic rings. The number of thiophene rings is 1. The molecule has 1 heterocycles. The maximum absolute atomic E-state index is 11.7. The molecule has 3 N–H and O–H groups in total. The van der Waals surface area contributed by atoms with Crippen LogP contribution < -0.4 is 11.1 Å². The molecule has 0 aliphatic carbocycles. The van der Waals surface area contributed by atoms with E-state index in [9.17, 15) is 4.79 Å². The van der Waals surface area contributed by atoms with Crippen LogP contribution in [-0.2, 0) is 11.2 Å². The number of hydrogen-bond acceptors (Lipinski definition) is 4. The fourth-order valence-electron chi connectivity index (χ4n) is 2.10. The van der Waals surface area contributed by atoms with E-state index in [0.29, 0.717) is 25.6 Å². The third kappa shape index (κ3) is 5.30. The highest BCUT2D eigenvalue weighted by atomic mass is 32.1. The van der Waals surface area contributed by atoms with Gasteiger partial charge in [-0.2, -0.15) is 0 Å². The van der Waals surface area contributed by atoms with Gasteiger partial charge in [0, 0.05) is 36.5 Å². The predicted molar refractivity (Wildman–Crippen MR) is 81.4 cm³/mol. The summed E-state index contributed by atoms with van der Waals surface area (Å²) in [6, 6.07) is 4.70. The van der Waals surface area contributed by atoms with E-state index < -0.39 is 0 Å². The molecular weight excluding hydrogens is 258 g/mol. The largest absolute Gasteiger partial charge is 0.356 e. The van der Waals surface area contributed by atoms with Crippen molar-refractivity contribution >= 4 is 17.2 Å². The minimum absolute atomic E-state index is 0.0770. The van der Waals surface area contributed by atoms with Crippen LogP contribution in [0.2, 0.25) is 0 Å². The summed E-state index contributed by atoms with van der Waals surface area (Å²) in [6.45, 7) is 5.28. The quantitative estimate of drug-likeness (QED) is 0.759. The fourth-order valence-corrected chi connectivity index (χ4v) is 2.93. The summed E-state index contributed by atoms with van der Waals surface area (Å²) in [7, 11) is 2.05. The van der Waals surface area contributed by atoms with Crippen molar-refractivity contribution in [1.82, 2.24) is 10.2 Å². The smallest absolute Gasteiger partial charge is 0.221 e. The molecule has 5 heteroatoms. The zero-order valence-electron chi connectivity index (χ0n) is 12.1. The molecule has 0 saturated carbocycles. The van der Waals surface area contributed by atoms with Crippen molar-refractivity contribution in [3.05, 3.63) is 22.4 Å². The lowest BCUT2D eigenvalue weighted by Gasteiger charge is -2.32. The van der Waals surface area contributed by atoms with E-state index >= 15 is 0 Å². The Hall–Kier alpha value is -0.910. The zero-order valence-corrected chi connectivity index (χ0v) is 12.9. The number of rotatable bonds is 8. The molecule has 108 valence electrons. The van der Waals surface area contributed by atoms with Gasteiger partial charge in [-0.05, 0) is 38.8 Å². The summed E-state index contributed by atoms with van der Waals surface area (Å²) >= 11 is 1.77. The van der Waals surface area contributed by atoms with Crippen molar-refractivity contribution in [2.24, 2.45) is 5.73 Å². The highest BCUT2D eigenvalue weighted by molar-refractivity contribution is 7.09. The molecule has 0 saturated heterocycles. The first-order chi connectivity index (χ1) is 9.08. The molecule has 1 aromatic rings. The summed E-state index contributed by atoms with van der Waals surface area (Å²) < 4.78 is 0. The number of hydrogen-bond donors (Lipinski definition) is 2. The Balaban J connectivity index is 2.51. The molecule has 0 fully saturated rings. The topological polar surface area (TPSA) is 58.4 Å². The summed E-state index contributed by atoms with van der Waals surface area (Å²) in [6.07, 6.45) is 1.47. The molecule has 2 unspecified atom stereocenters. The zero-order chi connectivity index (χ0) is 14.3. The maximum atomic E-state index is 11.7. The van der Waals surface area contributed by atoms with Gasteiger partial charge in [-0.1, -0.05) is 6.07 Å². The number of carbonyl (C=O) groups excluding carboxylic acids is 1. The van der Waals surface area contributed by atoms with Gasteiger partial charge in [0.05, 0.1) is 0 Å². The second-order valence-electron chi connectivity index (χ2n) is 4.85. The Morgan fingerprint density at radius 3 is 2.84 bits per heavy atom. The standard InChI is InChI=1S/C14H25N3OS/c1-4-16-14(18)9-12(10-15)17(3)11(2)8-13-6-5-7-19-13/h5-7,11-12H,4,8-10,15H2,1-3H3,(H,16,18). The molecule has 4 nitrogen and oxygen atoms in total. The first-order valence-electron chi connectivity index (χ1n) is 6.79. The number of nitrogens with one attached hydrogen (secondary N) is 1. The van der Waals surface area contributed by atoms with E-state index in [1.807, 2.05) is 6.92 Å². The predicted octanol–water partition coefficient (Wildman–Crippen LogP) is 1.46. The van der Waals surface area contributed by atoms with Crippen LogP contribution in [0.4, 0.5) is 0 Å². The second-order valence-corrected chi connectivity index (χ2v) is 5.88. The molecule has 0 radical (unpaired) electrons. The van der Waals surface area contributed by atoms with Gasteiger partial charge in [0.25, 0.3) is 0 Å². The van der Waals surface area contributed by atoms with Gasteiger partial charge in [-0.3, -0.25) is 9.69 Å². The van der Waals surface area contributed by atoms with E-state index in [1.165, 1.54) is 4.88 Å². The van der Waals surface area contributed by atoms with Gasteiger partial charge < -0.3 is 11.1 Å². The third-order valence-corrected chi connectivity index (χ3v) is 4.31. The van der Waals surface area contributed by atoms with E-state index in [2.05, 4.69) is 41.7 Å². The summed E-state index contributed by atoms with van der Waals surface area (Å²) in [5.41, 5.74) is 5.81. The van der Waals surface area contributed by atoms with Crippen molar-refractivity contribution in [1.29, 1.82) is 0 Å². The lowest BCUT2D eigenvalue weighted by atomic mass is 10.1. The van der Waals surface area contributed by atoms with Gasteiger partial charge in [0.2, 0.25) is 5.91 Å². The molecule has 0 bridgehead atoms.